The van der Waals surface area contributed by atoms with E-state index in [1.165, 1.54) is 18.2 Å². The van der Waals surface area contributed by atoms with Gasteiger partial charge in [0.1, 0.15) is 17.6 Å². The lowest BCUT2D eigenvalue weighted by molar-refractivity contribution is -0.128. The molecule has 6 nitrogen and oxygen atoms in total. The van der Waals surface area contributed by atoms with Gasteiger partial charge in [0.25, 0.3) is 5.91 Å². The van der Waals surface area contributed by atoms with E-state index in [0.29, 0.717) is 27.9 Å². The van der Waals surface area contributed by atoms with Crippen molar-refractivity contribution < 1.29 is 18.4 Å². The zero-order valence-corrected chi connectivity index (χ0v) is 16.4. The normalized spacial score (nSPS) is 16.4. The second kappa shape index (κ2) is 7.73. The fourth-order valence-corrected chi connectivity index (χ4v) is 2.92. The Morgan fingerprint density at radius 1 is 1.38 bits per heavy atom. The van der Waals surface area contributed by atoms with E-state index in [4.69, 9.17) is 9.26 Å². The molecular weight excluding hydrogens is 405 g/mol. The lowest BCUT2D eigenvalue weighted by atomic mass is 10.0. The summed E-state index contributed by atoms with van der Waals surface area (Å²) in [5.74, 6) is 1.26. The molecule has 1 amide bonds. The molecule has 1 aliphatic rings. The van der Waals surface area contributed by atoms with E-state index in [9.17, 15) is 9.18 Å². The number of carbonyl (C=O) groups excluding carboxylic acids is 1. The number of aromatic nitrogens is 2. The van der Waals surface area contributed by atoms with Crippen LogP contribution in [0.4, 0.5) is 4.39 Å². The molecule has 1 fully saturated rings. The third-order valence-electron chi connectivity index (χ3n) is 4.20. The van der Waals surface area contributed by atoms with Crippen LogP contribution in [0.15, 0.2) is 27.2 Å². The molecule has 1 saturated carbocycles. The fourth-order valence-electron chi connectivity index (χ4n) is 2.48. The van der Waals surface area contributed by atoms with Gasteiger partial charge in [-0.1, -0.05) is 19.0 Å². The van der Waals surface area contributed by atoms with Crippen LogP contribution in [0.25, 0.3) is 0 Å². The SMILES string of the molecule is CC(Oc1ccc(F)cc1Br)C(=O)NC(c1nc(C2CC2)no1)C(C)C. The largest absolute Gasteiger partial charge is 0.480 e. The summed E-state index contributed by atoms with van der Waals surface area (Å²) in [6.07, 6.45) is 1.38. The fraction of sp³-hybridized carbons (Fsp3) is 0.500. The average Bonchev–Trinajstić information content (AvgIpc) is 3.32. The number of halogens is 2. The molecule has 0 aliphatic heterocycles. The first-order valence-electron chi connectivity index (χ1n) is 8.60. The van der Waals surface area contributed by atoms with Crippen LogP contribution in [0.5, 0.6) is 5.75 Å². The Kier molecular flexibility index (Phi) is 5.60. The van der Waals surface area contributed by atoms with Crippen molar-refractivity contribution in [3.05, 3.63) is 40.2 Å². The minimum Gasteiger partial charge on any atom is -0.480 e. The number of benzene rings is 1. The Labute approximate surface area is 159 Å². The number of nitrogens with zero attached hydrogens (tertiary/aromatic N) is 2. The predicted molar refractivity (Wildman–Crippen MR) is 96.2 cm³/mol. The third kappa shape index (κ3) is 4.41. The van der Waals surface area contributed by atoms with E-state index in [1.54, 1.807) is 6.92 Å². The highest BCUT2D eigenvalue weighted by Crippen LogP contribution is 2.38. The van der Waals surface area contributed by atoms with Gasteiger partial charge in [-0.25, -0.2) is 4.39 Å². The van der Waals surface area contributed by atoms with Crippen molar-refractivity contribution in [1.29, 1.82) is 0 Å². The number of nitrogens with one attached hydrogen (secondary N) is 1. The molecular formula is C18H21BrFN3O3. The summed E-state index contributed by atoms with van der Waals surface area (Å²) in [6.45, 7) is 5.56. The summed E-state index contributed by atoms with van der Waals surface area (Å²) in [4.78, 5) is 17.0. The van der Waals surface area contributed by atoms with Crippen LogP contribution in [0, 0.1) is 11.7 Å². The van der Waals surface area contributed by atoms with E-state index in [-0.39, 0.29) is 17.6 Å². The van der Waals surface area contributed by atoms with E-state index < -0.39 is 12.1 Å². The molecule has 2 unspecified atom stereocenters. The van der Waals surface area contributed by atoms with Gasteiger partial charge in [-0.05, 0) is 59.8 Å². The molecule has 0 bridgehead atoms. The summed E-state index contributed by atoms with van der Waals surface area (Å²) >= 11 is 3.23. The summed E-state index contributed by atoms with van der Waals surface area (Å²) in [5, 5.41) is 6.92. The molecule has 1 heterocycles. The Hall–Kier alpha value is -1.96. The number of amides is 1. The monoisotopic (exact) mass is 425 g/mol. The van der Waals surface area contributed by atoms with Crippen molar-refractivity contribution in [2.24, 2.45) is 5.92 Å². The zero-order valence-electron chi connectivity index (χ0n) is 14.8. The Morgan fingerprint density at radius 3 is 2.73 bits per heavy atom. The van der Waals surface area contributed by atoms with Crippen LogP contribution in [0.3, 0.4) is 0 Å². The van der Waals surface area contributed by atoms with Gasteiger partial charge in [-0.3, -0.25) is 4.79 Å². The van der Waals surface area contributed by atoms with Crippen LogP contribution >= 0.6 is 15.9 Å². The molecule has 3 rings (SSSR count). The maximum absolute atomic E-state index is 13.2. The van der Waals surface area contributed by atoms with E-state index in [1.807, 2.05) is 13.8 Å². The molecule has 0 spiro atoms. The highest BCUT2D eigenvalue weighted by atomic mass is 79.9. The average molecular weight is 426 g/mol. The smallest absolute Gasteiger partial charge is 0.261 e. The Bertz CT molecular complexity index is 792. The van der Waals surface area contributed by atoms with Crippen LogP contribution in [-0.2, 0) is 4.79 Å². The summed E-state index contributed by atoms with van der Waals surface area (Å²) in [7, 11) is 0. The van der Waals surface area contributed by atoms with Crippen molar-refractivity contribution >= 4 is 21.8 Å². The van der Waals surface area contributed by atoms with Gasteiger partial charge in [0.05, 0.1) is 4.47 Å². The molecule has 8 heteroatoms. The molecule has 1 aromatic carbocycles. The second-order valence-electron chi connectivity index (χ2n) is 6.83. The van der Waals surface area contributed by atoms with Gasteiger partial charge in [-0.15, -0.1) is 0 Å². The maximum Gasteiger partial charge on any atom is 0.261 e. The first-order chi connectivity index (χ1) is 12.3. The number of ether oxygens (including phenoxy) is 1. The van der Waals surface area contributed by atoms with Gasteiger partial charge in [0.2, 0.25) is 5.89 Å². The van der Waals surface area contributed by atoms with Crippen molar-refractivity contribution in [2.75, 3.05) is 0 Å². The first kappa shape index (κ1) is 18.8. The maximum atomic E-state index is 13.2. The van der Waals surface area contributed by atoms with E-state index in [0.717, 1.165) is 12.8 Å². The second-order valence-corrected chi connectivity index (χ2v) is 7.68. The van der Waals surface area contributed by atoms with Crippen LogP contribution in [0.2, 0.25) is 0 Å². The quantitative estimate of drug-likeness (QED) is 0.721. The van der Waals surface area contributed by atoms with Gasteiger partial charge in [0, 0.05) is 5.92 Å². The van der Waals surface area contributed by atoms with Crippen molar-refractivity contribution in [3.63, 3.8) is 0 Å². The van der Waals surface area contributed by atoms with E-state index >= 15 is 0 Å². The molecule has 140 valence electrons. The number of hydrogen-bond acceptors (Lipinski definition) is 5. The number of hydrogen-bond donors (Lipinski definition) is 1. The minimum absolute atomic E-state index is 0.0659. The summed E-state index contributed by atoms with van der Waals surface area (Å²) in [5.41, 5.74) is 0. The molecule has 0 radical (unpaired) electrons. The molecule has 2 aromatic rings. The van der Waals surface area contributed by atoms with Crippen LogP contribution in [-0.4, -0.2) is 22.2 Å². The standard InChI is InChI=1S/C18H21BrFN3O3/c1-9(2)15(18-22-16(23-26-18)11-4-5-11)21-17(24)10(3)25-14-7-6-12(20)8-13(14)19/h6-11,15H,4-5H2,1-3H3,(H,21,24). The lowest BCUT2D eigenvalue weighted by Gasteiger charge is -2.22. The van der Waals surface area contributed by atoms with Crippen molar-refractivity contribution in [1.82, 2.24) is 15.5 Å². The molecule has 26 heavy (non-hydrogen) atoms. The highest BCUT2D eigenvalue weighted by Gasteiger charge is 2.32. The number of rotatable bonds is 7. The molecule has 2 atom stereocenters. The lowest BCUT2D eigenvalue weighted by Crippen LogP contribution is -2.40. The van der Waals surface area contributed by atoms with E-state index in [2.05, 4.69) is 31.4 Å². The molecule has 1 N–H and O–H groups in total. The van der Waals surface area contributed by atoms with Crippen LogP contribution in [0.1, 0.15) is 57.3 Å². The molecule has 1 aliphatic carbocycles. The first-order valence-corrected chi connectivity index (χ1v) is 9.40. The minimum atomic E-state index is -0.774. The van der Waals surface area contributed by atoms with Crippen LogP contribution < -0.4 is 10.1 Å². The summed E-state index contributed by atoms with van der Waals surface area (Å²) in [6, 6.07) is 3.64. The summed E-state index contributed by atoms with van der Waals surface area (Å²) < 4.78 is 24.6. The highest BCUT2D eigenvalue weighted by molar-refractivity contribution is 9.10. The van der Waals surface area contributed by atoms with Crippen molar-refractivity contribution in [3.8, 4) is 5.75 Å². The Morgan fingerprint density at radius 2 is 2.12 bits per heavy atom. The predicted octanol–water partition coefficient (Wildman–Crippen LogP) is 4.13. The third-order valence-corrected chi connectivity index (χ3v) is 4.82. The topological polar surface area (TPSA) is 77.2 Å². The molecule has 1 aromatic heterocycles. The zero-order chi connectivity index (χ0) is 18.8. The van der Waals surface area contributed by atoms with Gasteiger partial charge < -0.3 is 14.6 Å². The number of carbonyl (C=O) groups is 1. The van der Waals surface area contributed by atoms with Gasteiger partial charge in [0.15, 0.2) is 11.9 Å². The van der Waals surface area contributed by atoms with Gasteiger partial charge in [-0.2, -0.15) is 4.98 Å². The Balaban J connectivity index is 1.66. The van der Waals surface area contributed by atoms with Crippen molar-refractivity contribution in [2.45, 2.75) is 51.7 Å². The van der Waals surface area contributed by atoms with Gasteiger partial charge >= 0.3 is 0 Å². The molecule has 0 saturated heterocycles.